The zero-order valence-electron chi connectivity index (χ0n) is 9.46. The number of halogens is 1. The van der Waals surface area contributed by atoms with Crippen molar-refractivity contribution in [3.05, 3.63) is 35.4 Å². The predicted molar refractivity (Wildman–Crippen MR) is 64.6 cm³/mol. The summed E-state index contributed by atoms with van der Waals surface area (Å²) in [6.45, 7) is 6.06. The summed E-state index contributed by atoms with van der Waals surface area (Å²) in [7, 11) is 0. The zero-order valence-corrected chi connectivity index (χ0v) is 10.2. The summed E-state index contributed by atoms with van der Waals surface area (Å²) >= 11 is 5.74. The van der Waals surface area contributed by atoms with E-state index in [1.165, 1.54) is 5.56 Å². The lowest BCUT2D eigenvalue weighted by atomic mass is 10.0. The van der Waals surface area contributed by atoms with E-state index in [1.807, 2.05) is 24.3 Å². The fourth-order valence-electron chi connectivity index (χ4n) is 1.51. The van der Waals surface area contributed by atoms with Gasteiger partial charge in [0, 0.05) is 5.56 Å². The van der Waals surface area contributed by atoms with Crippen molar-refractivity contribution < 1.29 is 4.79 Å². The van der Waals surface area contributed by atoms with Crippen LogP contribution in [0.4, 0.5) is 0 Å². The number of benzene rings is 1. The fraction of sp³-hybridized carbons (Fsp3) is 0.462. The molecular formula is C13H17ClO. The van der Waals surface area contributed by atoms with Crippen molar-refractivity contribution in [2.75, 3.05) is 0 Å². The third-order valence-electron chi connectivity index (χ3n) is 2.24. The Morgan fingerprint density at radius 1 is 1.20 bits per heavy atom. The lowest BCUT2D eigenvalue weighted by Gasteiger charge is -2.06. The lowest BCUT2D eigenvalue weighted by Crippen LogP contribution is -2.10. The van der Waals surface area contributed by atoms with E-state index < -0.39 is 5.38 Å². The molecule has 0 N–H and O–H groups in total. The van der Waals surface area contributed by atoms with E-state index in [2.05, 4.69) is 13.8 Å². The number of carbonyl (C=O) groups excluding carboxylic acids is 1. The molecule has 82 valence electrons. The number of ketones is 1. The maximum absolute atomic E-state index is 11.5. The molecule has 15 heavy (non-hydrogen) atoms. The van der Waals surface area contributed by atoms with Crippen LogP contribution in [-0.4, -0.2) is 11.2 Å². The molecule has 1 rings (SSSR count). The summed E-state index contributed by atoms with van der Waals surface area (Å²) in [5.41, 5.74) is 1.97. The number of hydrogen-bond acceptors (Lipinski definition) is 1. The van der Waals surface area contributed by atoms with E-state index in [1.54, 1.807) is 6.92 Å². The molecular weight excluding hydrogens is 208 g/mol. The molecule has 0 radical (unpaired) electrons. The Morgan fingerprint density at radius 2 is 1.73 bits per heavy atom. The van der Waals surface area contributed by atoms with Crippen LogP contribution in [0.25, 0.3) is 0 Å². The van der Waals surface area contributed by atoms with E-state index >= 15 is 0 Å². The molecule has 0 spiro atoms. The molecule has 0 aliphatic heterocycles. The Balaban J connectivity index is 2.76. The predicted octanol–water partition coefficient (Wildman–Crippen LogP) is 3.70. The van der Waals surface area contributed by atoms with Gasteiger partial charge in [-0.15, -0.1) is 11.6 Å². The molecule has 0 heterocycles. The van der Waals surface area contributed by atoms with Crippen LogP contribution in [0.15, 0.2) is 24.3 Å². The molecule has 1 unspecified atom stereocenters. The molecule has 1 aromatic carbocycles. The SMILES string of the molecule is CC(C)Cc1ccc(C(=O)C(C)Cl)cc1. The van der Waals surface area contributed by atoms with E-state index in [9.17, 15) is 4.79 Å². The van der Waals surface area contributed by atoms with Crippen LogP contribution in [0.5, 0.6) is 0 Å². The average molecular weight is 225 g/mol. The highest BCUT2D eigenvalue weighted by atomic mass is 35.5. The third kappa shape index (κ3) is 3.67. The van der Waals surface area contributed by atoms with Gasteiger partial charge in [0.05, 0.1) is 5.38 Å². The minimum absolute atomic E-state index is 0.00670. The maximum Gasteiger partial charge on any atom is 0.180 e. The first-order chi connectivity index (χ1) is 7.00. The lowest BCUT2D eigenvalue weighted by molar-refractivity contribution is 0.0992. The molecule has 1 atom stereocenters. The molecule has 1 aromatic rings. The van der Waals surface area contributed by atoms with Crippen LogP contribution in [0.1, 0.15) is 36.7 Å². The van der Waals surface area contributed by atoms with Crippen LogP contribution in [0, 0.1) is 5.92 Å². The standard InChI is InChI=1S/C13H17ClO/c1-9(2)8-11-4-6-12(7-5-11)13(15)10(3)14/h4-7,9-10H,8H2,1-3H3. The van der Waals surface area contributed by atoms with Gasteiger partial charge in [-0.05, 0) is 24.8 Å². The van der Waals surface area contributed by atoms with Gasteiger partial charge in [0.15, 0.2) is 5.78 Å². The minimum Gasteiger partial charge on any atom is -0.293 e. The van der Waals surface area contributed by atoms with Gasteiger partial charge in [0.25, 0.3) is 0 Å². The van der Waals surface area contributed by atoms with Gasteiger partial charge >= 0.3 is 0 Å². The smallest absolute Gasteiger partial charge is 0.180 e. The molecule has 0 aliphatic carbocycles. The van der Waals surface area contributed by atoms with Crippen LogP contribution in [-0.2, 0) is 6.42 Å². The Hall–Kier alpha value is -0.820. The van der Waals surface area contributed by atoms with Crippen LogP contribution in [0.3, 0.4) is 0 Å². The molecule has 0 bridgehead atoms. The second-order valence-corrected chi connectivity index (χ2v) is 4.93. The first kappa shape index (κ1) is 12.3. The van der Waals surface area contributed by atoms with E-state index in [-0.39, 0.29) is 5.78 Å². The molecule has 0 aliphatic rings. The monoisotopic (exact) mass is 224 g/mol. The highest BCUT2D eigenvalue weighted by Crippen LogP contribution is 2.12. The summed E-state index contributed by atoms with van der Waals surface area (Å²) < 4.78 is 0. The summed E-state index contributed by atoms with van der Waals surface area (Å²) in [6, 6.07) is 7.73. The highest BCUT2D eigenvalue weighted by Gasteiger charge is 2.11. The van der Waals surface area contributed by atoms with Gasteiger partial charge in [-0.25, -0.2) is 0 Å². The van der Waals surface area contributed by atoms with Crippen LogP contribution >= 0.6 is 11.6 Å². The maximum atomic E-state index is 11.5. The zero-order chi connectivity index (χ0) is 11.4. The topological polar surface area (TPSA) is 17.1 Å². The van der Waals surface area contributed by atoms with E-state index in [0.29, 0.717) is 11.5 Å². The molecule has 0 fully saturated rings. The van der Waals surface area contributed by atoms with Gasteiger partial charge < -0.3 is 0 Å². The normalized spacial score (nSPS) is 12.9. The average Bonchev–Trinajstić information content (AvgIpc) is 2.17. The first-order valence-corrected chi connectivity index (χ1v) is 5.71. The molecule has 0 amide bonds. The van der Waals surface area contributed by atoms with Gasteiger partial charge in [0.1, 0.15) is 0 Å². The largest absolute Gasteiger partial charge is 0.293 e. The molecule has 2 heteroatoms. The van der Waals surface area contributed by atoms with Crippen molar-refractivity contribution in [2.45, 2.75) is 32.6 Å². The number of alkyl halides is 1. The second kappa shape index (κ2) is 5.32. The van der Waals surface area contributed by atoms with Gasteiger partial charge in [-0.2, -0.15) is 0 Å². The number of rotatable bonds is 4. The van der Waals surface area contributed by atoms with Crippen molar-refractivity contribution >= 4 is 17.4 Å². The first-order valence-electron chi connectivity index (χ1n) is 5.28. The van der Waals surface area contributed by atoms with Crippen LogP contribution < -0.4 is 0 Å². The summed E-state index contributed by atoms with van der Waals surface area (Å²) in [4.78, 5) is 11.5. The number of carbonyl (C=O) groups is 1. The fourth-order valence-corrected chi connectivity index (χ4v) is 1.63. The molecule has 1 nitrogen and oxygen atoms in total. The minimum atomic E-state index is -0.444. The molecule has 0 saturated heterocycles. The number of hydrogen-bond donors (Lipinski definition) is 0. The van der Waals surface area contributed by atoms with E-state index in [4.69, 9.17) is 11.6 Å². The summed E-state index contributed by atoms with van der Waals surface area (Å²) in [5, 5.41) is -0.444. The second-order valence-electron chi connectivity index (χ2n) is 4.28. The van der Waals surface area contributed by atoms with Crippen LogP contribution in [0.2, 0.25) is 0 Å². The third-order valence-corrected chi connectivity index (χ3v) is 2.44. The van der Waals surface area contributed by atoms with Crippen molar-refractivity contribution in [3.8, 4) is 0 Å². The van der Waals surface area contributed by atoms with Crippen molar-refractivity contribution in [3.63, 3.8) is 0 Å². The van der Waals surface area contributed by atoms with Gasteiger partial charge in [-0.1, -0.05) is 38.1 Å². The Morgan fingerprint density at radius 3 is 2.13 bits per heavy atom. The van der Waals surface area contributed by atoms with Crippen molar-refractivity contribution in [1.29, 1.82) is 0 Å². The van der Waals surface area contributed by atoms with Crippen molar-refractivity contribution in [2.24, 2.45) is 5.92 Å². The Bertz CT molecular complexity index is 325. The molecule has 0 saturated carbocycles. The van der Waals surface area contributed by atoms with E-state index in [0.717, 1.165) is 6.42 Å². The summed E-state index contributed by atoms with van der Waals surface area (Å²) in [6.07, 6.45) is 1.05. The Kier molecular flexibility index (Phi) is 4.34. The highest BCUT2D eigenvalue weighted by molar-refractivity contribution is 6.33. The quantitative estimate of drug-likeness (QED) is 0.563. The molecule has 0 aromatic heterocycles. The Labute approximate surface area is 96.5 Å². The number of Topliss-reactive ketones (excluding diaryl/α,β-unsaturated/α-hetero) is 1. The van der Waals surface area contributed by atoms with Gasteiger partial charge in [0.2, 0.25) is 0 Å². The summed E-state index contributed by atoms with van der Waals surface area (Å²) in [5.74, 6) is 0.631. The van der Waals surface area contributed by atoms with Gasteiger partial charge in [-0.3, -0.25) is 4.79 Å². The van der Waals surface area contributed by atoms with Crippen molar-refractivity contribution in [1.82, 2.24) is 0 Å².